The first kappa shape index (κ1) is 12.9. The van der Waals surface area contributed by atoms with Crippen molar-refractivity contribution >= 4 is 22.9 Å². The summed E-state index contributed by atoms with van der Waals surface area (Å²) in [5.74, 6) is 0. The third-order valence-corrected chi connectivity index (χ3v) is 5.17. The Labute approximate surface area is 117 Å². The first-order valence-corrected chi connectivity index (χ1v) is 7.74. The predicted molar refractivity (Wildman–Crippen MR) is 77.3 cm³/mol. The maximum atomic E-state index is 4.43. The quantitative estimate of drug-likeness (QED) is 0.666. The van der Waals surface area contributed by atoms with Crippen molar-refractivity contribution in [2.24, 2.45) is 0 Å². The smallest absolute Gasteiger partial charge is 0.181 e. The van der Waals surface area contributed by atoms with Gasteiger partial charge in [-0.15, -0.1) is 0 Å². The van der Waals surface area contributed by atoms with E-state index in [1.165, 1.54) is 32.1 Å². The van der Waals surface area contributed by atoms with Gasteiger partial charge in [0.25, 0.3) is 0 Å². The second kappa shape index (κ2) is 5.88. The number of hydrogen-bond acceptors (Lipinski definition) is 5. The molecule has 0 saturated heterocycles. The lowest BCUT2D eigenvalue weighted by Crippen LogP contribution is -2.34. The van der Waals surface area contributed by atoms with E-state index in [2.05, 4.69) is 32.3 Å². The van der Waals surface area contributed by atoms with Crippen LogP contribution in [0.1, 0.15) is 32.1 Å². The Kier molecular flexibility index (Phi) is 3.98. The molecule has 102 valence electrons. The third-order valence-electron chi connectivity index (χ3n) is 3.77. The second-order valence-corrected chi connectivity index (χ2v) is 6.20. The Hall–Kier alpha value is -1.14. The van der Waals surface area contributed by atoms with Crippen molar-refractivity contribution in [2.75, 3.05) is 7.05 Å². The van der Waals surface area contributed by atoms with Crippen LogP contribution in [0.3, 0.4) is 0 Å². The predicted octanol–water partition coefficient (Wildman–Crippen LogP) is 2.37. The van der Waals surface area contributed by atoms with Gasteiger partial charge in [0.05, 0.1) is 6.33 Å². The van der Waals surface area contributed by atoms with Crippen molar-refractivity contribution in [1.82, 2.24) is 25.3 Å². The molecule has 2 atom stereocenters. The van der Waals surface area contributed by atoms with Crippen LogP contribution in [0, 0.1) is 0 Å². The number of aromatic nitrogens is 4. The van der Waals surface area contributed by atoms with Crippen molar-refractivity contribution < 1.29 is 0 Å². The Balaban J connectivity index is 1.84. The zero-order chi connectivity index (χ0) is 13.1. The highest BCUT2D eigenvalue weighted by Gasteiger charge is 2.24. The summed E-state index contributed by atoms with van der Waals surface area (Å²) in [6.07, 6.45) is 9.78. The first-order chi connectivity index (χ1) is 9.38. The maximum absolute atomic E-state index is 4.43. The average molecular weight is 277 g/mol. The lowest BCUT2D eigenvalue weighted by atomic mass is 10.1. The number of imidazole rings is 1. The van der Waals surface area contributed by atoms with E-state index in [0.29, 0.717) is 11.3 Å². The zero-order valence-corrected chi connectivity index (χ0v) is 11.9. The number of thioether (sulfide) groups is 1. The van der Waals surface area contributed by atoms with Crippen molar-refractivity contribution in [2.45, 2.75) is 48.4 Å². The molecular weight excluding hydrogens is 258 g/mol. The van der Waals surface area contributed by atoms with Gasteiger partial charge in [-0.2, -0.15) is 0 Å². The Morgan fingerprint density at radius 2 is 2.11 bits per heavy atom. The van der Waals surface area contributed by atoms with Crippen LogP contribution in [0.4, 0.5) is 0 Å². The van der Waals surface area contributed by atoms with Gasteiger partial charge in [0.1, 0.15) is 16.9 Å². The first-order valence-electron chi connectivity index (χ1n) is 6.86. The Bertz CT molecular complexity index is 541. The monoisotopic (exact) mass is 277 g/mol. The topological polar surface area (TPSA) is 66.5 Å². The molecule has 0 aliphatic heterocycles. The molecule has 2 unspecified atom stereocenters. The minimum Gasteiger partial charge on any atom is -0.341 e. The van der Waals surface area contributed by atoms with Crippen molar-refractivity contribution in [3.05, 3.63) is 12.7 Å². The molecule has 0 amide bonds. The number of rotatable bonds is 3. The van der Waals surface area contributed by atoms with E-state index in [4.69, 9.17) is 0 Å². The highest BCUT2D eigenvalue weighted by atomic mass is 32.2. The highest BCUT2D eigenvalue weighted by molar-refractivity contribution is 8.00. The molecule has 6 heteroatoms. The van der Waals surface area contributed by atoms with Crippen molar-refractivity contribution in [3.8, 4) is 0 Å². The second-order valence-electron chi connectivity index (χ2n) is 4.97. The van der Waals surface area contributed by atoms with Gasteiger partial charge in [-0.1, -0.05) is 31.0 Å². The number of nitrogens with one attached hydrogen (secondary N) is 2. The van der Waals surface area contributed by atoms with Gasteiger partial charge < -0.3 is 10.3 Å². The van der Waals surface area contributed by atoms with Gasteiger partial charge in [-0.3, -0.25) is 0 Å². The molecule has 3 rings (SSSR count). The Morgan fingerprint density at radius 1 is 1.21 bits per heavy atom. The van der Waals surface area contributed by atoms with E-state index in [1.54, 1.807) is 12.7 Å². The van der Waals surface area contributed by atoms with Crippen LogP contribution in [-0.4, -0.2) is 38.3 Å². The largest absolute Gasteiger partial charge is 0.341 e. The Morgan fingerprint density at radius 3 is 3.00 bits per heavy atom. The molecule has 2 heterocycles. The minimum atomic E-state index is 0.570. The van der Waals surface area contributed by atoms with Crippen molar-refractivity contribution in [1.29, 1.82) is 0 Å². The summed E-state index contributed by atoms with van der Waals surface area (Å²) in [6.45, 7) is 0. The van der Waals surface area contributed by atoms with Crippen LogP contribution in [-0.2, 0) is 0 Å². The fraction of sp³-hybridized carbons (Fsp3) is 0.615. The lowest BCUT2D eigenvalue weighted by molar-refractivity contribution is 0.510. The van der Waals surface area contributed by atoms with Gasteiger partial charge in [-0.25, -0.2) is 15.0 Å². The van der Waals surface area contributed by atoms with Gasteiger partial charge in [0.15, 0.2) is 5.65 Å². The number of H-pyrrole nitrogens is 1. The molecule has 2 aromatic heterocycles. The molecule has 0 radical (unpaired) electrons. The van der Waals surface area contributed by atoms with Gasteiger partial charge in [0, 0.05) is 11.3 Å². The van der Waals surface area contributed by atoms with Crippen LogP contribution in [0.15, 0.2) is 17.7 Å². The molecular formula is C13H19N5S. The zero-order valence-electron chi connectivity index (χ0n) is 11.1. The normalized spacial score (nSPS) is 24.5. The summed E-state index contributed by atoms with van der Waals surface area (Å²) in [6, 6.07) is 0.570. The molecule has 1 fully saturated rings. The van der Waals surface area contributed by atoms with E-state index in [1.807, 2.05) is 11.8 Å². The number of hydrogen-bond donors (Lipinski definition) is 2. The van der Waals surface area contributed by atoms with Gasteiger partial charge in [-0.05, 0) is 19.9 Å². The molecule has 5 nitrogen and oxygen atoms in total. The van der Waals surface area contributed by atoms with Crippen LogP contribution in [0.25, 0.3) is 11.2 Å². The summed E-state index contributed by atoms with van der Waals surface area (Å²) in [7, 11) is 2.06. The van der Waals surface area contributed by atoms with Crippen LogP contribution >= 0.6 is 11.8 Å². The summed E-state index contributed by atoms with van der Waals surface area (Å²) in [4.78, 5) is 15.9. The van der Waals surface area contributed by atoms with E-state index < -0.39 is 0 Å². The van der Waals surface area contributed by atoms with Crippen LogP contribution < -0.4 is 5.32 Å². The number of aromatic amines is 1. The number of fused-ring (bicyclic) bond motifs is 1. The maximum Gasteiger partial charge on any atom is 0.181 e. The van der Waals surface area contributed by atoms with E-state index >= 15 is 0 Å². The minimum absolute atomic E-state index is 0.570. The summed E-state index contributed by atoms with van der Waals surface area (Å²) in [5.41, 5.74) is 1.72. The highest BCUT2D eigenvalue weighted by Crippen LogP contribution is 2.34. The standard InChI is InChI=1S/C13H19N5S/c1-14-9-5-3-2-4-6-10(9)19-13-11-12(16-7-15-11)17-8-18-13/h7-10,14H,2-6H2,1H3,(H,15,16,17,18). The van der Waals surface area contributed by atoms with E-state index in [-0.39, 0.29) is 0 Å². The molecule has 1 saturated carbocycles. The molecule has 0 bridgehead atoms. The van der Waals surface area contributed by atoms with E-state index in [9.17, 15) is 0 Å². The summed E-state index contributed by atoms with van der Waals surface area (Å²) in [5, 5.41) is 5.07. The average Bonchev–Trinajstić information content (AvgIpc) is 2.80. The fourth-order valence-corrected chi connectivity index (χ4v) is 4.10. The SMILES string of the molecule is CNC1CCCCCC1Sc1ncnc2nc[nH]c12. The molecule has 2 aromatic rings. The molecule has 1 aliphatic carbocycles. The van der Waals surface area contributed by atoms with Crippen LogP contribution in [0.5, 0.6) is 0 Å². The summed E-state index contributed by atoms with van der Waals surface area (Å²) >= 11 is 1.86. The number of nitrogens with zero attached hydrogens (tertiary/aromatic N) is 3. The van der Waals surface area contributed by atoms with E-state index in [0.717, 1.165) is 16.2 Å². The van der Waals surface area contributed by atoms with Gasteiger partial charge >= 0.3 is 0 Å². The molecule has 1 aliphatic rings. The van der Waals surface area contributed by atoms with Gasteiger partial charge in [0.2, 0.25) is 0 Å². The van der Waals surface area contributed by atoms with Crippen LogP contribution in [0.2, 0.25) is 0 Å². The molecule has 2 N–H and O–H groups in total. The summed E-state index contributed by atoms with van der Waals surface area (Å²) < 4.78 is 0. The molecule has 0 aromatic carbocycles. The third kappa shape index (κ3) is 2.74. The molecule has 19 heavy (non-hydrogen) atoms. The lowest BCUT2D eigenvalue weighted by Gasteiger charge is -2.23. The molecule has 0 spiro atoms. The fourth-order valence-electron chi connectivity index (χ4n) is 2.72. The van der Waals surface area contributed by atoms with Crippen molar-refractivity contribution in [3.63, 3.8) is 0 Å².